The van der Waals surface area contributed by atoms with Crippen molar-refractivity contribution in [2.45, 2.75) is 13.3 Å². The number of hydrogen-bond acceptors (Lipinski definition) is 2. The fourth-order valence-corrected chi connectivity index (χ4v) is 2.32. The Labute approximate surface area is 111 Å². The van der Waals surface area contributed by atoms with Crippen LogP contribution in [0.3, 0.4) is 0 Å². The predicted octanol–water partition coefficient (Wildman–Crippen LogP) is 2.72. The van der Waals surface area contributed by atoms with Gasteiger partial charge in [0.25, 0.3) is 0 Å². The van der Waals surface area contributed by atoms with E-state index in [2.05, 4.69) is 5.32 Å². The monoisotopic (exact) mass is 251 g/mol. The molecule has 0 bridgehead atoms. The molecule has 19 heavy (non-hydrogen) atoms. The van der Waals surface area contributed by atoms with E-state index in [-0.39, 0.29) is 11.7 Å². The molecule has 3 heteroatoms. The molecule has 1 N–H and O–H groups in total. The SMILES string of the molecule is Cc1cccc(C(=O)c2ccc3c(c2)CC(=O)N3)c1. The summed E-state index contributed by atoms with van der Waals surface area (Å²) in [5, 5.41) is 2.76. The molecule has 0 spiro atoms. The highest BCUT2D eigenvalue weighted by Crippen LogP contribution is 2.25. The Balaban J connectivity index is 1.97. The van der Waals surface area contributed by atoms with Gasteiger partial charge in [0.1, 0.15) is 0 Å². The third-order valence-electron chi connectivity index (χ3n) is 3.27. The van der Waals surface area contributed by atoms with Crippen LogP contribution in [0.5, 0.6) is 0 Å². The van der Waals surface area contributed by atoms with E-state index in [1.807, 2.05) is 31.2 Å². The normalized spacial score (nSPS) is 13.0. The maximum atomic E-state index is 12.4. The summed E-state index contributed by atoms with van der Waals surface area (Å²) in [6, 6.07) is 12.9. The first-order valence-electron chi connectivity index (χ1n) is 6.17. The largest absolute Gasteiger partial charge is 0.326 e. The Kier molecular flexibility index (Phi) is 2.67. The Bertz CT molecular complexity index is 689. The molecule has 0 atom stereocenters. The Morgan fingerprint density at radius 3 is 2.68 bits per heavy atom. The lowest BCUT2D eigenvalue weighted by molar-refractivity contribution is -0.115. The molecule has 0 radical (unpaired) electrons. The molecule has 0 fully saturated rings. The van der Waals surface area contributed by atoms with Crippen LogP contribution in [-0.4, -0.2) is 11.7 Å². The number of hydrogen-bond donors (Lipinski definition) is 1. The maximum Gasteiger partial charge on any atom is 0.228 e. The lowest BCUT2D eigenvalue weighted by Crippen LogP contribution is -2.03. The summed E-state index contributed by atoms with van der Waals surface area (Å²) in [4.78, 5) is 23.7. The van der Waals surface area contributed by atoms with Crippen molar-refractivity contribution in [1.29, 1.82) is 0 Å². The van der Waals surface area contributed by atoms with Crippen molar-refractivity contribution < 1.29 is 9.59 Å². The average molecular weight is 251 g/mol. The number of nitrogens with one attached hydrogen (secondary N) is 1. The summed E-state index contributed by atoms with van der Waals surface area (Å²) in [6.45, 7) is 1.96. The molecule has 2 aromatic rings. The van der Waals surface area contributed by atoms with Crippen molar-refractivity contribution in [3.05, 3.63) is 64.7 Å². The summed E-state index contributed by atoms with van der Waals surface area (Å²) in [5.74, 6) is -0.0268. The van der Waals surface area contributed by atoms with E-state index in [4.69, 9.17) is 0 Å². The van der Waals surface area contributed by atoms with Crippen LogP contribution < -0.4 is 5.32 Å². The van der Waals surface area contributed by atoms with Crippen molar-refractivity contribution in [3.8, 4) is 0 Å². The highest BCUT2D eigenvalue weighted by molar-refractivity contribution is 6.10. The highest BCUT2D eigenvalue weighted by Gasteiger charge is 2.19. The van der Waals surface area contributed by atoms with E-state index >= 15 is 0 Å². The first-order valence-corrected chi connectivity index (χ1v) is 6.17. The van der Waals surface area contributed by atoms with Crippen LogP contribution in [0.15, 0.2) is 42.5 Å². The van der Waals surface area contributed by atoms with Crippen LogP contribution in [-0.2, 0) is 11.2 Å². The first kappa shape index (κ1) is 11.7. The molecule has 2 aromatic carbocycles. The second-order valence-electron chi connectivity index (χ2n) is 4.80. The zero-order valence-corrected chi connectivity index (χ0v) is 10.6. The van der Waals surface area contributed by atoms with Crippen molar-refractivity contribution >= 4 is 17.4 Å². The quantitative estimate of drug-likeness (QED) is 0.834. The average Bonchev–Trinajstić information content (AvgIpc) is 2.76. The smallest absolute Gasteiger partial charge is 0.228 e. The lowest BCUT2D eigenvalue weighted by atomic mass is 9.99. The van der Waals surface area contributed by atoms with Gasteiger partial charge in [-0.15, -0.1) is 0 Å². The Hall–Kier alpha value is -2.42. The third-order valence-corrected chi connectivity index (χ3v) is 3.27. The van der Waals surface area contributed by atoms with Gasteiger partial charge in [0.05, 0.1) is 6.42 Å². The van der Waals surface area contributed by atoms with E-state index in [1.54, 1.807) is 18.2 Å². The Morgan fingerprint density at radius 1 is 1.11 bits per heavy atom. The van der Waals surface area contributed by atoms with Crippen LogP contribution in [0.4, 0.5) is 5.69 Å². The highest BCUT2D eigenvalue weighted by atomic mass is 16.1. The first-order chi connectivity index (χ1) is 9.13. The van der Waals surface area contributed by atoms with Crippen molar-refractivity contribution in [3.63, 3.8) is 0 Å². The Morgan fingerprint density at radius 2 is 1.89 bits per heavy atom. The summed E-state index contributed by atoms with van der Waals surface area (Å²) >= 11 is 0. The summed E-state index contributed by atoms with van der Waals surface area (Å²) < 4.78 is 0. The second kappa shape index (κ2) is 4.35. The molecule has 1 heterocycles. The summed E-state index contributed by atoms with van der Waals surface area (Å²) in [7, 11) is 0. The van der Waals surface area contributed by atoms with Gasteiger partial charge in [0.15, 0.2) is 5.78 Å². The zero-order chi connectivity index (χ0) is 13.4. The van der Waals surface area contributed by atoms with Crippen LogP contribution in [0.25, 0.3) is 0 Å². The van der Waals surface area contributed by atoms with E-state index in [0.29, 0.717) is 17.5 Å². The molecule has 1 aliphatic rings. The molecule has 0 aromatic heterocycles. The molecule has 3 nitrogen and oxygen atoms in total. The zero-order valence-electron chi connectivity index (χ0n) is 10.6. The van der Waals surface area contributed by atoms with E-state index in [1.165, 1.54) is 0 Å². The number of fused-ring (bicyclic) bond motifs is 1. The van der Waals surface area contributed by atoms with Gasteiger partial charge in [0.2, 0.25) is 5.91 Å². The number of aryl methyl sites for hydroxylation is 1. The predicted molar refractivity (Wildman–Crippen MR) is 73.4 cm³/mol. The molecule has 0 unspecified atom stereocenters. The standard InChI is InChI=1S/C16H13NO2/c1-10-3-2-4-11(7-10)16(19)12-5-6-14-13(8-12)9-15(18)17-14/h2-8H,9H2,1H3,(H,17,18). The van der Waals surface area contributed by atoms with Crippen LogP contribution in [0.2, 0.25) is 0 Å². The molecule has 94 valence electrons. The van der Waals surface area contributed by atoms with Gasteiger partial charge in [-0.05, 0) is 36.8 Å². The van der Waals surface area contributed by atoms with Gasteiger partial charge in [-0.2, -0.15) is 0 Å². The van der Waals surface area contributed by atoms with Gasteiger partial charge in [0, 0.05) is 16.8 Å². The van der Waals surface area contributed by atoms with E-state index < -0.39 is 0 Å². The molecular weight excluding hydrogens is 238 g/mol. The minimum Gasteiger partial charge on any atom is -0.326 e. The van der Waals surface area contributed by atoms with Crippen LogP contribution in [0, 0.1) is 6.92 Å². The molecular formula is C16H13NO2. The number of carbonyl (C=O) groups is 2. The maximum absolute atomic E-state index is 12.4. The number of amides is 1. The van der Waals surface area contributed by atoms with Gasteiger partial charge < -0.3 is 5.32 Å². The van der Waals surface area contributed by atoms with Gasteiger partial charge in [-0.25, -0.2) is 0 Å². The fraction of sp³-hybridized carbons (Fsp3) is 0.125. The fourth-order valence-electron chi connectivity index (χ4n) is 2.32. The number of carbonyl (C=O) groups excluding carboxylic acids is 2. The molecule has 3 rings (SSSR count). The molecule has 0 aliphatic carbocycles. The molecule has 1 aliphatic heterocycles. The lowest BCUT2D eigenvalue weighted by Gasteiger charge is -2.04. The summed E-state index contributed by atoms with van der Waals surface area (Å²) in [5.41, 5.74) is 4.07. The minimum atomic E-state index is -0.0184. The molecule has 0 saturated carbocycles. The van der Waals surface area contributed by atoms with Crippen LogP contribution >= 0.6 is 0 Å². The number of rotatable bonds is 2. The summed E-state index contributed by atoms with van der Waals surface area (Å²) in [6.07, 6.45) is 0.351. The van der Waals surface area contributed by atoms with Crippen molar-refractivity contribution in [1.82, 2.24) is 0 Å². The number of anilines is 1. The van der Waals surface area contributed by atoms with Crippen molar-refractivity contribution in [2.24, 2.45) is 0 Å². The van der Waals surface area contributed by atoms with Gasteiger partial charge in [-0.1, -0.05) is 23.8 Å². The van der Waals surface area contributed by atoms with Gasteiger partial charge >= 0.3 is 0 Å². The van der Waals surface area contributed by atoms with Crippen LogP contribution in [0.1, 0.15) is 27.0 Å². The second-order valence-corrected chi connectivity index (χ2v) is 4.80. The van der Waals surface area contributed by atoms with Crippen molar-refractivity contribution in [2.75, 3.05) is 5.32 Å². The van der Waals surface area contributed by atoms with Gasteiger partial charge in [-0.3, -0.25) is 9.59 Å². The number of benzene rings is 2. The topological polar surface area (TPSA) is 46.2 Å². The van der Waals surface area contributed by atoms with E-state index in [0.717, 1.165) is 16.8 Å². The van der Waals surface area contributed by atoms with E-state index in [9.17, 15) is 9.59 Å². The minimum absolute atomic E-state index is 0.00847. The number of ketones is 1. The third kappa shape index (κ3) is 2.15. The molecule has 1 amide bonds. The molecule has 0 saturated heterocycles.